The van der Waals surface area contributed by atoms with Crippen LogP contribution in [0.3, 0.4) is 0 Å². The lowest BCUT2D eigenvalue weighted by Gasteiger charge is -2.15. The van der Waals surface area contributed by atoms with Crippen molar-refractivity contribution >= 4 is 0 Å². The van der Waals surface area contributed by atoms with Gasteiger partial charge in [0.15, 0.2) is 0 Å². The number of nitrogens with one attached hydrogen (secondary N) is 1. The number of nitrogens with zero attached hydrogens (tertiary/aromatic N) is 2. The maximum absolute atomic E-state index is 13.1. The molecule has 0 fully saturated rings. The van der Waals surface area contributed by atoms with Crippen LogP contribution in [0.2, 0.25) is 0 Å². The highest BCUT2D eigenvalue weighted by Crippen LogP contribution is 2.09. The van der Waals surface area contributed by atoms with Gasteiger partial charge >= 0.3 is 0 Å². The van der Waals surface area contributed by atoms with Gasteiger partial charge < -0.3 is 5.32 Å². The van der Waals surface area contributed by atoms with Crippen LogP contribution in [0.5, 0.6) is 0 Å². The number of halogens is 1. The predicted molar refractivity (Wildman–Crippen MR) is 69.9 cm³/mol. The summed E-state index contributed by atoms with van der Waals surface area (Å²) in [6.45, 7) is 0. The highest BCUT2D eigenvalue weighted by atomic mass is 19.1. The van der Waals surface area contributed by atoms with Crippen molar-refractivity contribution < 1.29 is 4.39 Å². The maximum Gasteiger partial charge on any atom is 0.123 e. The normalized spacial score (nSPS) is 12.6. The molecule has 0 aliphatic rings. The highest BCUT2D eigenvalue weighted by Gasteiger charge is 2.10. The summed E-state index contributed by atoms with van der Waals surface area (Å²) in [5, 5.41) is 7.62. The molecule has 96 valence electrons. The van der Waals surface area contributed by atoms with Crippen molar-refractivity contribution in [1.82, 2.24) is 15.1 Å². The molecule has 0 amide bonds. The summed E-state index contributed by atoms with van der Waals surface area (Å²) < 4.78 is 14.9. The molecule has 1 N–H and O–H groups in total. The number of aromatic nitrogens is 2. The van der Waals surface area contributed by atoms with E-state index in [0.717, 1.165) is 24.1 Å². The van der Waals surface area contributed by atoms with Crippen LogP contribution in [0.25, 0.3) is 0 Å². The van der Waals surface area contributed by atoms with E-state index in [1.54, 1.807) is 16.8 Å². The minimum absolute atomic E-state index is 0.180. The Morgan fingerprint density at radius 2 is 2.17 bits per heavy atom. The molecular weight excluding hydrogens is 229 g/mol. The van der Waals surface area contributed by atoms with Crippen LogP contribution in [0.4, 0.5) is 4.39 Å². The fourth-order valence-electron chi connectivity index (χ4n) is 2.05. The molecule has 0 saturated carbocycles. The Morgan fingerprint density at radius 3 is 2.78 bits per heavy atom. The topological polar surface area (TPSA) is 29.9 Å². The molecular formula is C14H18FN3. The lowest BCUT2D eigenvalue weighted by molar-refractivity contribution is 0.542. The van der Waals surface area contributed by atoms with Gasteiger partial charge in [0.05, 0.1) is 5.69 Å². The Labute approximate surface area is 107 Å². The monoisotopic (exact) mass is 247 g/mol. The summed E-state index contributed by atoms with van der Waals surface area (Å²) >= 11 is 0. The first-order chi connectivity index (χ1) is 8.67. The average molecular weight is 247 g/mol. The molecule has 3 nitrogen and oxygen atoms in total. The zero-order valence-electron chi connectivity index (χ0n) is 10.7. The largest absolute Gasteiger partial charge is 0.316 e. The van der Waals surface area contributed by atoms with E-state index in [-0.39, 0.29) is 11.9 Å². The predicted octanol–water partition coefficient (Wildman–Crippen LogP) is 1.93. The van der Waals surface area contributed by atoms with Crippen molar-refractivity contribution in [3.63, 3.8) is 0 Å². The Bertz CT molecular complexity index is 507. The van der Waals surface area contributed by atoms with Crippen LogP contribution < -0.4 is 5.32 Å². The van der Waals surface area contributed by atoms with Gasteiger partial charge in [0, 0.05) is 25.7 Å². The van der Waals surface area contributed by atoms with Crippen molar-refractivity contribution in [2.24, 2.45) is 7.05 Å². The van der Waals surface area contributed by atoms with Crippen LogP contribution in [-0.4, -0.2) is 22.9 Å². The Balaban J connectivity index is 2.01. The van der Waals surface area contributed by atoms with E-state index in [2.05, 4.69) is 10.4 Å². The molecule has 1 unspecified atom stereocenters. The first-order valence-corrected chi connectivity index (χ1v) is 6.07. The summed E-state index contributed by atoms with van der Waals surface area (Å²) in [6.07, 6.45) is 3.57. The molecule has 4 heteroatoms. The van der Waals surface area contributed by atoms with Crippen LogP contribution in [0.1, 0.15) is 11.3 Å². The Hall–Kier alpha value is -1.68. The van der Waals surface area contributed by atoms with Gasteiger partial charge in [-0.2, -0.15) is 5.10 Å². The number of likely N-dealkylation sites (N-methyl/N-ethyl adjacent to an activating group) is 1. The van der Waals surface area contributed by atoms with Crippen molar-refractivity contribution in [1.29, 1.82) is 0 Å². The van der Waals surface area contributed by atoms with Crippen molar-refractivity contribution in [2.45, 2.75) is 18.9 Å². The molecule has 0 aliphatic heterocycles. The standard InChI is InChI=1S/C14H18FN3/c1-16-14(10-13-6-7-18(2)17-13)9-11-4-3-5-12(15)8-11/h3-8,14,16H,9-10H2,1-2H3. The minimum atomic E-state index is -0.180. The van der Waals surface area contributed by atoms with Crippen LogP contribution >= 0.6 is 0 Å². The third-order valence-corrected chi connectivity index (χ3v) is 3.00. The zero-order chi connectivity index (χ0) is 13.0. The zero-order valence-corrected chi connectivity index (χ0v) is 10.7. The number of hydrogen-bond acceptors (Lipinski definition) is 2. The van der Waals surface area contributed by atoms with E-state index in [1.165, 1.54) is 6.07 Å². The average Bonchev–Trinajstić information content (AvgIpc) is 2.74. The van der Waals surface area contributed by atoms with Crippen molar-refractivity contribution in [2.75, 3.05) is 7.05 Å². The van der Waals surface area contributed by atoms with Gasteiger partial charge in [0.1, 0.15) is 5.82 Å². The molecule has 2 rings (SSSR count). The van der Waals surface area contributed by atoms with E-state index in [1.807, 2.05) is 32.4 Å². The van der Waals surface area contributed by atoms with E-state index in [9.17, 15) is 4.39 Å². The molecule has 18 heavy (non-hydrogen) atoms. The molecule has 1 aromatic heterocycles. The highest BCUT2D eigenvalue weighted by molar-refractivity contribution is 5.18. The van der Waals surface area contributed by atoms with Gasteiger partial charge in [-0.15, -0.1) is 0 Å². The molecule has 0 radical (unpaired) electrons. The number of hydrogen-bond donors (Lipinski definition) is 1. The van der Waals surface area contributed by atoms with E-state index >= 15 is 0 Å². The Kier molecular flexibility index (Phi) is 4.10. The van der Waals surface area contributed by atoms with Crippen LogP contribution in [-0.2, 0) is 19.9 Å². The quantitative estimate of drug-likeness (QED) is 0.875. The second-order valence-corrected chi connectivity index (χ2v) is 4.50. The van der Waals surface area contributed by atoms with E-state index in [4.69, 9.17) is 0 Å². The summed E-state index contributed by atoms with van der Waals surface area (Å²) in [5.41, 5.74) is 2.05. The SMILES string of the molecule is CNC(Cc1cccc(F)c1)Cc1ccn(C)n1. The van der Waals surface area contributed by atoms with Gasteiger partial charge in [-0.05, 0) is 37.2 Å². The molecule has 0 bridgehead atoms. The van der Waals surface area contributed by atoms with Gasteiger partial charge in [-0.1, -0.05) is 12.1 Å². The number of rotatable bonds is 5. The van der Waals surface area contributed by atoms with Crippen molar-refractivity contribution in [3.05, 3.63) is 53.6 Å². The first kappa shape index (κ1) is 12.8. The Morgan fingerprint density at radius 1 is 1.33 bits per heavy atom. The summed E-state index contributed by atoms with van der Waals surface area (Å²) in [6, 6.07) is 9.03. The molecule has 0 spiro atoms. The van der Waals surface area contributed by atoms with E-state index < -0.39 is 0 Å². The third-order valence-electron chi connectivity index (χ3n) is 3.00. The second-order valence-electron chi connectivity index (χ2n) is 4.50. The smallest absolute Gasteiger partial charge is 0.123 e. The summed E-state index contributed by atoms with van der Waals surface area (Å²) in [5.74, 6) is -0.180. The molecule has 0 saturated heterocycles. The molecule has 0 aliphatic carbocycles. The third kappa shape index (κ3) is 3.40. The summed E-state index contributed by atoms with van der Waals surface area (Å²) in [4.78, 5) is 0. The fraction of sp³-hybridized carbons (Fsp3) is 0.357. The molecule has 2 aromatic rings. The fourth-order valence-corrected chi connectivity index (χ4v) is 2.05. The number of aryl methyl sites for hydroxylation is 1. The van der Waals surface area contributed by atoms with Gasteiger partial charge in [0.25, 0.3) is 0 Å². The van der Waals surface area contributed by atoms with E-state index in [0.29, 0.717) is 0 Å². The molecule has 1 atom stereocenters. The lowest BCUT2D eigenvalue weighted by atomic mass is 10.0. The van der Waals surface area contributed by atoms with Crippen molar-refractivity contribution in [3.8, 4) is 0 Å². The first-order valence-electron chi connectivity index (χ1n) is 6.07. The number of benzene rings is 1. The van der Waals surface area contributed by atoms with Crippen LogP contribution in [0, 0.1) is 5.82 Å². The van der Waals surface area contributed by atoms with Gasteiger partial charge in [0.2, 0.25) is 0 Å². The van der Waals surface area contributed by atoms with Crippen LogP contribution in [0.15, 0.2) is 36.5 Å². The lowest BCUT2D eigenvalue weighted by Crippen LogP contribution is -2.30. The van der Waals surface area contributed by atoms with Gasteiger partial charge in [-0.25, -0.2) is 4.39 Å². The minimum Gasteiger partial charge on any atom is -0.316 e. The maximum atomic E-state index is 13.1. The second kappa shape index (κ2) is 5.78. The summed E-state index contributed by atoms with van der Waals surface area (Å²) in [7, 11) is 3.83. The molecule has 1 heterocycles. The van der Waals surface area contributed by atoms with Gasteiger partial charge in [-0.3, -0.25) is 4.68 Å². The molecule has 1 aromatic carbocycles.